The summed E-state index contributed by atoms with van der Waals surface area (Å²) in [5.41, 5.74) is 0. The summed E-state index contributed by atoms with van der Waals surface area (Å²) >= 11 is 5.91. The van der Waals surface area contributed by atoms with Crippen molar-refractivity contribution in [1.82, 2.24) is 15.5 Å². The number of hydrogen-bond acceptors (Lipinski definition) is 6. The normalized spacial score (nSPS) is 24.5. The van der Waals surface area contributed by atoms with Crippen LogP contribution in [0.3, 0.4) is 0 Å². The molecule has 8 heteroatoms. The first-order valence-electron chi connectivity index (χ1n) is 6.77. The zero-order chi connectivity index (χ0) is 14.1. The van der Waals surface area contributed by atoms with E-state index < -0.39 is 6.04 Å². The van der Waals surface area contributed by atoms with Crippen LogP contribution in [0, 0.1) is 0 Å². The summed E-state index contributed by atoms with van der Waals surface area (Å²) in [7, 11) is 0. The first kappa shape index (κ1) is 13.6. The Labute approximate surface area is 121 Å². The molecule has 2 fully saturated rings. The molecule has 20 heavy (non-hydrogen) atoms. The minimum absolute atomic E-state index is 0.0501. The molecule has 0 bridgehead atoms. The van der Waals surface area contributed by atoms with Gasteiger partial charge in [0.15, 0.2) is 0 Å². The summed E-state index contributed by atoms with van der Waals surface area (Å²) in [6.45, 7) is 3.16. The fourth-order valence-electron chi connectivity index (χ4n) is 2.08. The monoisotopic (exact) mass is 300 g/mol. The van der Waals surface area contributed by atoms with E-state index in [4.69, 9.17) is 20.8 Å². The van der Waals surface area contributed by atoms with Gasteiger partial charge in [0.05, 0.1) is 13.2 Å². The van der Waals surface area contributed by atoms with E-state index in [0.29, 0.717) is 37.7 Å². The second-order valence-electron chi connectivity index (χ2n) is 5.11. The molecule has 1 saturated carbocycles. The van der Waals surface area contributed by atoms with Crippen molar-refractivity contribution < 1.29 is 13.9 Å². The summed E-state index contributed by atoms with van der Waals surface area (Å²) in [5.74, 6) is 0.306. The van der Waals surface area contributed by atoms with E-state index in [1.165, 1.54) is 0 Å². The van der Waals surface area contributed by atoms with E-state index in [-0.39, 0.29) is 11.3 Å². The molecule has 0 radical (unpaired) electrons. The number of hydrogen-bond donors (Lipinski definition) is 1. The van der Waals surface area contributed by atoms with Crippen LogP contribution in [0.1, 0.15) is 31.0 Å². The maximum Gasteiger partial charge on any atom is 0.319 e. The maximum absolute atomic E-state index is 12.2. The van der Waals surface area contributed by atoms with Crippen molar-refractivity contribution in [2.75, 3.05) is 24.7 Å². The lowest BCUT2D eigenvalue weighted by molar-refractivity contribution is -0.124. The molecule has 3 rings (SSSR count). The lowest BCUT2D eigenvalue weighted by Crippen LogP contribution is -2.54. The van der Waals surface area contributed by atoms with Crippen molar-refractivity contribution in [3.63, 3.8) is 0 Å². The molecule has 1 aromatic rings. The number of ether oxygens (including phenoxy) is 1. The van der Waals surface area contributed by atoms with Gasteiger partial charge in [0.2, 0.25) is 11.8 Å². The highest BCUT2D eigenvalue weighted by Crippen LogP contribution is 2.25. The van der Waals surface area contributed by atoms with E-state index in [2.05, 4.69) is 15.5 Å². The number of nitrogens with one attached hydrogen (secondary N) is 1. The van der Waals surface area contributed by atoms with E-state index in [1.807, 2.05) is 0 Å². The first-order chi connectivity index (χ1) is 9.65. The Balaban J connectivity index is 1.74. The fourth-order valence-corrected chi connectivity index (χ4v) is 2.17. The van der Waals surface area contributed by atoms with Crippen molar-refractivity contribution >= 4 is 23.5 Å². The Morgan fingerprint density at radius 2 is 2.30 bits per heavy atom. The number of rotatable bonds is 4. The molecule has 1 aliphatic carbocycles. The van der Waals surface area contributed by atoms with Gasteiger partial charge in [0.1, 0.15) is 11.4 Å². The van der Waals surface area contributed by atoms with Crippen LogP contribution in [0.15, 0.2) is 4.42 Å². The fraction of sp³-hybridized carbons (Fsp3) is 0.750. The lowest BCUT2D eigenvalue weighted by atomic mass is 10.2. The van der Waals surface area contributed by atoms with Crippen LogP contribution in [-0.2, 0) is 9.53 Å². The minimum atomic E-state index is -0.428. The van der Waals surface area contributed by atoms with Crippen molar-refractivity contribution in [1.29, 1.82) is 0 Å². The average Bonchev–Trinajstić information content (AvgIpc) is 3.11. The highest BCUT2D eigenvalue weighted by Gasteiger charge is 2.35. The molecule has 1 aliphatic heterocycles. The predicted octanol–water partition coefficient (Wildman–Crippen LogP) is 0.853. The predicted molar refractivity (Wildman–Crippen MR) is 71.7 cm³/mol. The van der Waals surface area contributed by atoms with Crippen molar-refractivity contribution in [3.05, 3.63) is 5.89 Å². The van der Waals surface area contributed by atoms with Gasteiger partial charge in [-0.2, -0.15) is 0 Å². The number of anilines is 1. The first-order valence-corrected chi connectivity index (χ1v) is 7.21. The van der Waals surface area contributed by atoms with E-state index in [0.717, 1.165) is 12.8 Å². The zero-order valence-corrected chi connectivity index (χ0v) is 12.0. The molecule has 7 nitrogen and oxygen atoms in total. The molecule has 2 aliphatic rings. The number of halogens is 1. The van der Waals surface area contributed by atoms with Gasteiger partial charge in [-0.15, -0.1) is 16.7 Å². The Morgan fingerprint density at radius 3 is 2.95 bits per heavy atom. The molecular weight excluding hydrogens is 284 g/mol. The van der Waals surface area contributed by atoms with Crippen LogP contribution in [0.4, 0.5) is 6.01 Å². The van der Waals surface area contributed by atoms with Crippen LogP contribution >= 0.6 is 11.6 Å². The van der Waals surface area contributed by atoms with Crippen molar-refractivity contribution in [2.24, 2.45) is 0 Å². The SMILES string of the molecule is CC(Cl)c1nnc(N2CCOCC2C(=O)NC2CC2)o1. The topological polar surface area (TPSA) is 80.5 Å². The summed E-state index contributed by atoms with van der Waals surface area (Å²) in [4.78, 5) is 14.0. The molecule has 1 saturated heterocycles. The molecule has 2 heterocycles. The molecule has 1 aromatic heterocycles. The van der Waals surface area contributed by atoms with E-state index in [1.54, 1.807) is 11.8 Å². The summed E-state index contributed by atoms with van der Waals surface area (Å²) in [5, 5.41) is 10.5. The molecule has 1 amide bonds. The molecule has 2 unspecified atom stereocenters. The standard InChI is InChI=1S/C12H17ClN4O3/c1-7(13)11-15-16-12(20-11)17-4-5-19-6-9(17)10(18)14-8-2-3-8/h7-9H,2-6H2,1H3,(H,14,18). The third kappa shape index (κ3) is 2.88. The van der Waals surface area contributed by atoms with Crippen LogP contribution in [0.25, 0.3) is 0 Å². The Hall–Kier alpha value is -1.34. The number of nitrogens with zero attached hydrogens (tertiary/aromatic N) is 3. The smallest absolute Gasteiger partial charge is 0.319 e. The third-order valence-electron chi connectivity index (χ3n) is 3.37. The van der Waals surface area contributed by atoms with Crippen molar-refractivity contribution in [3.8, 4) is 0 Å². The van der Waals surface area contributed by atoms with Gasteiger partial charge in [0.25, 0.3) is 0 Å². The van der Waals surface area contributed by atoms with Crippen LogP contribution in [-0.4, -0.2) is 47.9 Å². The highest BCUT2D eigenvalue weighted by atomic mass is 35.5. The Bertz CT molecular complexity index is 489. The van der Waals surface area contributed by atoms with Gasteiger partial charge in [-0.1, -0.05) is 5.10 Å². The number of morpholine rings is 1. The van der Waals surface area contributed by atoms with Crippen molar-refractivity contribution in [2.45, 2.75) is 37.2 Å². The largest absolute Gasteiger partial charge is 0.406 e. The van der Waals surface area contributed by atoms with Gasteiger partial charge in [0, 0.05) is 12.6 Å². The Morgan fingerprint density at radius 1 is 1.50 bits per heavy atom. The van der Waals surface area contributed by atoms with Gasteiger partial charge in [-0.3, -0.25) is 4.79 Å². The van der Waals surface area contributed by atoms with Gasteiger partial charge in [-0.05, 0) is 19.8 Å². The molecule has 110 valence electrons. The number of carbonyl (C=O) groups excluding carboxylic acids is 1. The van der Waals surface area contributed by atoms with E-state index in [9.17, 15) is 4.79 Å². The molecule has 1 N–H and O–H groups in total. The van der Waals surface area contributed by atoms with Crippen LogP contribution < -0.4 is 10.2 Å². The second kappa shape index (κ2) is 5.57. The van der Waals surface area contributed by atoms with Gasteiger partial charge in [-0.25, -0.2) is 0 Å². The Kier molecular flexibility index (Phi) is 3.80. The highest BCUT2D eigenvalue weighted by molar-refractivity contribution is 6.20. The number of carbonyl (C=O) groups is 1. The lowest BCUT2D eigenvalue weighted by Gasteiger charge is -2.32. The van der Waals surface area contributed by atoms with Gasteiger partial charge < -0.3 is 19.4 Å². The molecule has 0 aromatic carbocycles. The average molecular weight is 301 g/mol. The molecule has 2 atom stereocenters. The molecular formula is C12H17ClN4O3. The minimum Gasteiger partial charge on any atom is -0.406 e. The number of alkyl halides is 1. The summed E-state index contributed by atoms with van der Waals surface area (Å²) in [6.07, 6.45) is 2.10. The van der Waals surface area contributed by atoms with E-state index >= 15 is 0 Å². The summed E-state index contributed by atoms with van der Waals surface area (Å²) in [6, 6.07) is 0.211. The van der Waals surface area contributed by atoms with Gasteiger partial charge >= 0.3 is 6.01 Å². The van der Waals surface area contributed by atoms with Crippen LogP contribution in [0.5, 0.6) is 0 Å². The maximum atomic E-state index is 12.2. The third-order valence-corrected chi connectivity index (χ3v) is 3.56. The molecule has 0 spiro atoms. The van der Waals surface area contributed by atoms with Crippen LogP contribution in [0.2, 0.25) is 0 Å². The summed E-state index contributed by atoms with van der Waals surface area (Å²) < 4.78 is 10.9. The zero-order valence-electron chi connectivity index (χ0n) is 11.2. The quantitative estimate of drug-likeness (QED) is 0.831. The number of amides is 1. The number of aromatic nitrogens is 2. The second-order valence-corrected chi connectivity index (χ2v) is 5.76.